The van der Waals surface area contributed by atoms with E-state index in [4.69, 9.17) is 12.3 Å². The summed E-state index contributed by atoms with van der Waals surface area (Å²) in [5, 5.41) is 0. The molecule has 0 amide bonds. The summed E-state index contributed by atoms with van der Waals surface area (Å²) in [6.45, 7) is 8.81. The van der Waals surface area contributed by atoms with E-state index < -0.39 is 84.2 Å². The van der Waals surface area contributed by atoms with Crippen LogP contribution in [0.3, 0.4) is 0 Å². The summed E-state index contributed by atoms with van der Waals surface area (Å²) in [6, 6.07) is -1.31. The first-order valence-electron chi connectivity index (χ1n) is 9.14. The Balaban J connectivity index is 6.32. The van der Waals surface area contributed by atoms with Crippen molar-refractivity contribution < 1.29 is 69.4 Å². The maximum Gasteiger partial charge on any atom is 0.469 e. The van der Waals surface area contributed by atoms with Gasteiger partial charge in [0.2, 0.25) is 0 Å². The van der Waals surface area contributed by atoms with E-state index in [0.717, 1.165) is 0 Å². The van der Waals surface area contributed by atoms with Crippen LogP contribution in [0.2, 0.25) is 45.3 Å². The summed E-state index contributed by atoms with van der Waals surface area (Å²) < 4.78 is 190. The molecule has 0 bridgehead atoms. The van der Waals surface area contributed by atoms with Gasteiger partial charge < -0.3 is 12.3 Å². The van der Waals surface area contributed by atoms with Crippen LogP contribution in [0, 0.1) is 0 Å². The van der Waals surface area contributed by atoms with Crippen molar-refractivity contribution in [2.24, 2.45) is 0 Å². The van der Waals surface area contributed by atoms with Crippen LogP contribution in [0.1, 0.15) is 6.42 Å². The van der Waals surface area contributed by atoms with Crippen molar-refractivity contribution in [3.8, 4) is 0 Å². The van der Waals surface area contributed by atoms with Gasteiger partial charge in [-0.3, -0.25) is 0 Å². The number of rotatable bonds is 13. The van der Waals surface area contributed by atoms with Gasteiger partial charge >= 0.3 is 44.6 Å². The van der Waals surface area contributed by atoms with Gasteiger partial charge in [-0.25, -0.2) is 0 Å². The minimum absolute atomic E-state index is 1.31. The van der Waals surface area contributed by atoms with E-state index in [1.165, 1.54) is 39.3 Å². The van der Waals surface area contributed by atoms with Crippen molar-refractivity contribution in [2.75, 3.05) is 0 Å². The maximum atomic E-state index is 14.2. The first-order valence-corrected chi connectivity index (χ1v) is 18.3. The molecule has 0 aromatic rings. The fraction of sp³-hybridized carbons (Fsp3) is 1.00. The molecule has 3 nitrogen and oxygen atoms in total. The summed E-state index contributed by atoms with van der Waals surface area (Å²) in [4.78, 5) is 0. The highest BCUT2D eigenvalue weighted by atomic mass is 28.5. The standard InChI is InChI=1S/C14H22F13O3Si4/c1-31(2)28-34(29-32(3)4,30-33(5)6)8-7-9(15,16)10(17,18)11(19,20)12(21,22)13(23,24)14(25,26)27/h7-8H2,1-6H3. The molecule has 0 N–H and O–H groups in total. The SMILES string of the molecule is C[Si](C)O[Si](CCC(F)(F)C(F)(F)C(F)(F)C(F)(F)C(F)(F)C(F)(F)F)(O[Si](C)C)O[Si](C)C. The van der Waals surface area contributed by atoms with Gasteiger partial charge in [0.1, 0.15) is 0 Å². The normalized spacial score (nSPS) is 15.7. The van der Waals surface area contributed by atoms with Gasteiger partial charge in [-0.2, -0.15) is 57.1 Å². The van der Waals surface area contributed by atoms with Crippen LogP contribution in [0.15, 0.2) is 0 Å². The highest BCUT2D eigenvalue weighted by Crippen LogP contribution is 2.61. The van der Waals surface area contributed by atoms with E-state index in [1.54, 1.807) is 0 Å². The third-order valence-electron chi connectivity index (χ3n) is 3.82. The Morgan fingerprint density at radius 2 is 0.794 bits per heavy atom. The summed E-state index contributed by atoms with van der Waals surface area (Å²) >= 11 is 0. The summed E-state index contributed by atoms with van der Waals surface area (Å²) in [5.74, 6) is -37.0. The fourth-order valence-electron chi connectivity index (χ4n) is 2.42. The molecule has 0 aliphatic heterocycles. The Morgan fingerprint density at radius 3 is 1.06 bits per heavy atom. The third-order valence-corrected chi connectivity index (χ3v) is 13.3. The molecule has 0 rings (SSSR count). The van der Waals surface area contributed by atoms with Crippen LogP contribution in [0.5, 0.6) is 0 Å². The molecule has 0 heterocycles. The van der Waals surface area contributed by atoms with Gasteiger partial charge in [0.15, 0.2) is 27.1 Å². The fourth-order valence-corrected chi connectivity index (χ4v) is 13.4. The summed E-state index contributed by atoms with van der Waals surface area (Å²) in [7, 11) is -9.83. The van der Waals surface area contributed by atoms with E-state index >= 15 is 0 Å². The molecule has 0 aromatic heterocycles. The Bertz CT molecular complexity index is 645. The van der Waals surface area contributed by atoms with Crippen molar-refractivity contribution in [3.63, 3.8) is 0 Å². The molecule has 203 valence electrons. The zero-order chi connectivity index (χ0) is 27.8. The van der Waals surface area contributed by atoms with Crippen LogP contribution in [0.25, 0.3) is 0 Å². The maximum absolute atomic E-state index is 14.2. The second-order valence-electron chi connectivity index (χ2n) is 7.71. The van der Waals surface area contributed by atoms with Crippen LogP contribution in [-0.4, -0.2) is 71.7 Å². The van der Waals surface area contributed by atoms with Gasteiger partial charge in [0.25, 0.3) is 0 Å². The first kappa shape index (κ1) is 33.8. The van der Waals surface area contributed by atoms with E-state index in [0.29, 0.717) is 0 Å². The molecule has 3 radical (unpaired) electrons. The molecule has 0 saturated heterocycles. The van der Waals surface area contributed by atoms with Gasteiger partial charge in [-0.05, 0) is 39.3 Å². The molecule has 0 aromatic carbocycles. The molecule has 34 heavy (non-hydrogen) atoms. The summed E-state index contributed by atoms with van der Waals surface area (Å²) in [5.41, 5.74) is 0. The lowest BCUT2D eigenvalue weighted by molar-refractivity contribution is -0.440. The van der Waals surface area contributed by atoms with E-state index in [-0.39, 0.29) is 0 Å². The van der Waals surface area contributed by atoms with E-state index in [9.17, 15) is 57.1 Å². The monoisotopic (exact) mass is 597 g/mol. The second kappa shape index (κ2) is 10.7. The first-order chi connectivity index (χ1) is 14.7. The van der Waals surface area contributed by atoms with Crippen LogP contribution >= 0.6 is 0 Å². The lowest BCUT2D eigenvalue weighted by Gasteiger charge is -2.41. The van der Waals surface area contributed by atoms with Gasteiger partial charge in [0, 0.05) is 12.5 Å². The molecule has 0 aliphatic rings. The molecule has 0 spiro atoms. The highest BCUT2D eigenvalue weighted by Gasteiger charge is 2.90. The Kier molecular flexibility index (Phi) is 10.6. The smallest absolute Gasteiger partial charge is 0.416 e. The number of halogens is 13. The van der Waals surface area contributed by atoms with Crippen molar-refractivity contribution in [1.82, 2.24) is 0 Å². The Morgan fingerprint density at radius 1 is 0.500 bits per heavy atom. The largest absolute Gasteiger partial charge is 0.469 e. The van der Waals surface area contributed by atoms with Crippen LogP contribution in [0.4, 0.5) is 57.1 Å². The molecular weight excluding hydrogens is 575 g/mol. The number of hydrogen-bond donors (Lipinski definition) is 0. The van der Waals surface area contributed by atoms with Crippen LogP contribution in [-0.2, 0) is 12.3 Å². The Hall–Kier alpha value is -0.162. The molecule has 0 saturated carbocycles. The molecule has 0 aliphatic carbocycles. The molecular formula is C14H22F13O3Si4. The average molecular weight is 598 g/mol. The lowest BCUT2D eigenvalue weighted by atomic mass is 9.93. The third kappa shape index (κ3) is 6.78. The topological polar surface area (TPSA) is 27.7 Å². The lowest BCUT2D eigenvalue weighted by Crippen LogP contribution is -2.70. The molecule has 20 heteroatoms. The van der Waals surface area contributed by atoms with Gasteiger partial charge in [-0.15, -0.1) is 0 Å². The van der Waals surface area contributed by atoms with Crippen molar-refractivity contribution >= 4 is 35.9 Å². The quantitative estimate of drug-likeness (QED) is 0.172. The molecule has 0 atom stereocenters. The molecule has 0 unspecified atom stereocenters. The van der Waals surface area contributed by atoms with E-state index in [2.05, 4.69) is 0 Å². The number of alkyl halides is 13. The minimum atomic E-state index is -7.92. The van der Waals surface area contributed by atoms with E-state index in [1.807, 2.05) is 0 Å². The zero-order valence-corrected chi connectivity index (χ0v) is 22.6. The number of hydrogen-bond acceptors (Lipinski definition) is 3. The molecule has 0 fully saturated rings. The van der Waals surface area contributed by atoms with Gasteiger partial charge in [0.05, 0.1) is 0 Å². The van der Waals surface area contributed by atoms with Gasteiger partial charge in [-0.1, -0.05) is 0 Å². The minimum Gasteiger partial charge on any atom is -0.416 e. The Labute approximate surface area is 193 Å². The highest BCUT2D eigenvalue weighted by molar-refractivity contribution is 6.79. The zero-order valence-electron chi connectivity index (χ0n) is 18.6. The van der Waals surface area contributed by atoms with Crippen molar-refractivity contribution in [1.29, 1.82) is 0 Å². The predicted molar refractivity (Wildman–Crippen MR) is 102 cm³/mol. The summed E-state index contributed by atoms with van der Waals surface area (Å²) in [6.07, 6.45) is -9.82. The van der Waals surface area contributed by atoms with Crippen molar-refractivity contribution in [2.45, 2.75) is 87.5 Å². The second-order valence-corrected chi connectivity index (χ2v) is 17.5. The van der Waals surface area contributed by atoms with Crippen LogP contribution < -0.4 is 0 Å². The average Bonchev–Trinajstić information content (AvgIpc) is 2.56. The van der Waals surface area contributed by atoms with Crippen molar-refractivity contribution in [3.05, 3.63) is 0 Å². The predicted octanol–water partition coefficient (Wildman–Crippen LogP) is 6.86.